The van der Waals surface area contributed by atoms with Crippen LogP contribution in [-0.2, 0) is 4.79 Å². The summed E-state index contributed by atoms with van der Waals surface area (Å²) in [5.74, 6) is 0.616. The van der Waals surface area contributed by atoms with E-state index in [2.05, 4.69) is 26.1 Å². The third kappa shape index (κ3) is 2.91. The number of hydrogen-bond acceptors (Lipinski definition) is 2. The highest BCUT2D eigenvalue weighted by Gasteiger charge is 2.44. The first-order valence-corrected chi connectivity index (χ1v) is 7.64. The summed E-state index contributed by atoms with van der Waals surface area (Å²) in [7, 11) is 0. The van der Waals surface area contributed by atoms with Crippen LogP contribution in [-0.4, -0.2) is 40.6 Å². The Labute approximate surface area is 120 Å². The van der Waals surface area contributed by atoms with Crippen LogP contribution in [0.25, 0.3) is 0 Å². The maximum atomic E-state index is 12.3. The predicted molar refractivity (Wildman–Crippen MR) is 76.4 cm³/mol. The molecule has 0 spiro atoms. The van der Waals surface area contributed by atoms with Gasteiger partial charge in [-0.2, -0.15) is 0 Å². The molecule has 1 heterocycles. The molecule has 2 unspecified atom stereocenters. The highest BCUT2D eigenvalue weighted by molar-refractivity contribution is 5.86. The van der Waals surface area contributed by atoms with Gasteiger partial charge >= 0.3 is 12.0 Å². The first-order valence-electron chi connectivity index (χ1n) is 7.64. The van der Waals surface area contributed by atoms with Crippen molar-refractivity contribution in [1.82, 2.24) is 10.2 Å². The van der Waals surface area contributed by atoms with E-state index in [1.165, 1.54) is 0 Å². The van der Waals surface area contributed by atoms with Gasteiger partial charge in [-0.15, -0.1) is 0 Å². The number of rotatable bonds is 2. The Morgan fingerprint density at radius 2 is 1.60 bits per heavy atom. The molecule has 0 bridgehead atoms. The van der Waals surface area contributed by atoms with E-state index < -0.39 is 11.5 Å². The van der Waals surface area contributed by atoms with E-state index in [-0.39, 0.29) is 6.03 Å². The lowest BCUT2D eigenvalue weighted by Gasteiger charge is -2.37. The molecule has 2 aliphatic rings. The molecule has 1 saturated carbocycles. The number of urea groups is 1. The lowest BCUT2D eigenvalue weighted by atomic mass is 9.77. The monoisotopic (exact) mass is 282 g/mol. The van der Waals surface area contributed by atoms with Crippen molar-refractivity contribution in [3.05, 3.63) is 0 Å². The van der Waals surface area contributed by atoms with Crippen LogP contribution >= 0.6 is 0 Å². The molecule has 2 rings (SSSR count). The average Bonchev–Trinajstić information content (AvgIpc) is 2.72. The molecule has 0 aromatic carbocycles. The molecular formula is C15H26N2O3. The minimum Gasteiger partial charge on any atom is -0.480 e. The molecule has 2 amide bonds. The number of nitrogens with zero attached hydrogens (tertiary/aromatic N) is 1. The van der Waals surface area contributed by atoms with Gasteiger partial charge < -0.3 is 15.3 Å². The van der Waals surface area contributed by atoms with Crippen LogP contribution in [0, 0.1) is 17.8 Å². The van der Waals surface area contributed by atoms with Crippen LogP contribution in [0.4, 0.5) is 4.79 Å². The minimum absolute atomic E-state index is 0.210. The quantitative estimate of drug-likeness (QED) is 0.816. The zero-order valence-electron chi connectivity index (χ0n) is 12.7. The van der Waals surface area contributed by atoms with Crippen LogP contribution in [0.2, 0.25) is 0 Å². The standard InChI is InChI=1S/C15H26N2O3/c1-10-4-6-15(7-5-10,13(18)19)16-14(20)17-8-11(2)12(3)9-17/h10-12H,4-9H2,1-3H3,(H,16,20)(H,18,19). The Balaban J connectivity index is 2.02. The number of aliphatic carboxylic acids is 1. The van der Waals surface area contributed by atoms with Gasteiger partial charge in [0.2, 0.25) is 0 Å². The van der Waals surface area contributed by atoms with Crippen molar-refractivity contribution >= 4 is 12.0 Å². The third-order valence-corrected chi connectivity index (χ3v) is 5.16. The second kappa shape index (κ2) is 5.62. The van der Waals surface area contributed by atoms with E-state index in [9.17, 15) is 14.7 Å². The lowest BCUT2D eigenvalue weighted by Crippen LogP contribution is -2.59. The van der Waals surface area contributed by atoms with Crippen molar-refractivity contribution in [1.29, 1.82) is 0 Å². The lowest BCUT2D eigenvalue weighted by molar-refractivity contribution is -0.146. The molecule has 2 fully saturated rings. The fourth-order valence-electron chi connectivity index (χ4n) is 3.23. The number of carbonyl (C=O) groups excluding carboxylic acids is 1. The SMILES string of the molecule is CC1CCC(NC(=O)N2CC(C)C(C)C2)(C(=O)O)CC1. The Bertz CT molecular complexity index is 379. The maximum absolute atomic E-state index is 12.3. The Morgan fingerprint density at radius 3 is 2.05 bits per heavy atom. The van der Waals surface area contributed by atoms with Crippen molar-refractivity contribution < 1.29 is 14.7 Å². The molecule has 20 heavy (non-hydrogen) atoms. The molecule has 1 aliphatic heterocycles. The van der Waals surface area contributed by atoms with E-state index in [1.807, 2.05) is 0 Å². The molecule has 0 aromatic rings. The minimum atomic E-state index is -1.06. The third-order valence-electron chi connectivity index (χ3n) is 5.16. The van der Waals surface area contributed by atoms with E-state index in [0.717, 1.165) is 25.9 Å². The van der Waals surface area contributed by atoms with Crippen LogP contribution in [0.1, 0.15) is 46.5 Å². The predicted octanol–water partition coefficient (Wildman–Crippen LogP) is 2.32. The number of likely N-dealkylation sites (tertiary alicyclic amines) is 1. The van der Waals surface area contributed by atoms with Crippen molar-refractivity contribution in [3.8, 4) is 0 Å². The van der Waals surface area contributed by atoms with Crippen LogP contribution in [0.5, 0.6) is 0 Å². The number of carboxylic acids is 1. The zero-order valence-corrected chi connectivity index (χ0v) is 12.7. The molecule has 5 heteroatoms. The smallest absolute Gasteiger partial charge is 0.329 e. The largest absolute Gasteiger partial charge is 0.480 e. The molecule has 114 valence electrons. The molecule has 0 aromatic heterocycles. The maximum Gasteiger partial charge on any atom is 0.329 e. The van der Waals surface area contributed by atoms with Crippen LogP contribution in [0.3, 0.4) is 0 Å². The summed E-state index contributed by atoms with van der Waals surface area (Å²) in [5.41, 5.74) is -1.06. The van der Waals surface area contributed by atoms with Gasteiger partial charge in [-0.25, -0.2) is 9.59 Å². The highest BCUT2D eigenvalue weighted by atomic mass is 16.4. The molecule has 0 radical (unpaired) electrons. The molecule has 1 aliphatic carbocycles. The summed E-state index contributed by atoms with van der Waals surface area (Å²) in [6.45, 7) is 7.84. The first kappa shape index (κ1) is 15.1. The van der Waals surface area contributed by atoms with E-state index in [0.29, 0.717) is 30.6 Å². The van der Waals surface area contributed by atoms with E-state index in [1.54, 1.807) is 4.90 Å². The fourth-order valence-corrected chi connectivity index (χ4v) is 3.23. The topological polar surface area (TPSA) is 69.6 Å². The number of nitrogens with one attached hydrogen (secondary N) is 1. The molecule has 2 N–H and O–H groups in total. The summed E-state index contributed by atoms with van der Waals surface area (Å²) in [6.07, 6.45) is 2.79. The highest BCUT2D eigenvalue weighted by Crippen LogP contribution is 2.33. The van der Waals surface area contributed by atoms with Gasteiger partial charge in [-0.05, 0) is 43.4 Å². The van der Waals surface area contributed by atoms with Gasteiger partial charge in [0.25, 0.3) is 0 Å². The number of carboxylic acid groups (broad SMARTS) is 1. The van der Waals surface area contributed by atoms with Crippen LogP contribution in [0.15, 0.2) is 0 Å². The molecule has 1 saturated heterocycles. The van der Waals surface area contributed by atoms with Crippen molar-refractivity contribution in [2.24, 2.45) is 17.8 Å². The zero-order chi connectivity index (χ0) is 14.9. The van der Waals surface area contributed by atoms with Gasteiger partial charge in [-0.3, -0.25) is 0 Å². The summed E-state index contributed by atoms with van der Waals surface area (Å²) >= 11 is 0. The Hall–Kier alpha value is -1.26. The summed E-state index contributed by atoms with van der Waals surface area (Å²) in [6, 6.07) is -0.210. The Morgan fingerprint density at radius 1 is 1.10 bits per heavy atom. The van der Waals surface area contributed by atoms with Crippen LogP contribution < -0.4 is 5.32 Å². The number of hydrogen-bond donors (Lipinski definition) is 2. The van der Waals surface area contributed by atoms with Gasteiger partial charge in [0.1, 0.15) is 5.54 Å². The first-order chi connectivity index (χ1) is 9.34. The van der Waals surface area contributed by atoms with Gasteiger partial charge in [-0.1, -0.05) is 20.8 Å². The van der Waals surface area contributed by atoms with E-state index in [4.69, 9.17) is 0 Å². The Kier molecular flexibility index (Phi) is 4.25. The van der Waals surface area contributed by atoms with Crippen molar-refractivity contribution in [2.45, 2.75) is 52.0 Å². The second-order valence-corrected chi connectivity index (χ2v) is 6.86. The summed E-state index contributed by atoms with van der Waals surface area (Å²) in [4.78, 5) is 25.7. The van der Waals surface area contributed by atoms with Gasteiger partial charge in [0, 0.05) is 13.1 Å². The molecule has 5 nitrogen and oxygen atoms in total. The molecular weight excluding hydrogens is 256 g/mol. The fraction of sp³-hybridized carbons (Fsp3) is 0.867. The van der Waals surface area contributed by atoms with Gasteiger partial charge in [0.05, 0.1) is 0 Å². The second-order valence-electron chi connectivity index (χ2n) is 6.86. The number of carbonyl (C=O) groups is 2. The van der Waals surface area contributed by atoms with Crippen molar-refractivity contribution in [2.75, 3.05) is 13.1 Å². The average molecular weight is 282 g/mol. The molecule has 2 atom stereocenters. The summed E-state index contributed by atoms with van der Waals surface area (Å²) < 4.78 is 0. The summed E-state index contributed by atoms with van der Waals surface area (Å²) in [5, 5.41) is 12.4. The normalized spacial score (nSPS) is 37.8. The van der Waals surface area contributed by atoms with Crippen molar-refractivity contribution in [3.63, 3.8) is 0 Å². The van der Waals surface area contributed by atoms with Gasteiger partial charge in [0.15, 0.2) is 0 Å². The number of amides is 2. The van der Waals surface area contributed by atoms with E-state index >= 15 is 0 Å².